The van der Waals surface area contributed by atoms with Crippen molar-refractivity contribution >= 4 is 45.6 Å². The van der Waals surface area contributed by atoms with Crippen molar-refractivity contribution in [1.29, 1.82) is 0 Å². The second-order valence-corrected chi connectivity index (χ2v) is 14.4. The number of ketones is 1. The highest BCUT2D eigenvalue weighted by atomic mass is 79.9. The number of aliphatic hydroxyl groups is 1. The molecule has 0 aliphatic heterocycles. The lowest BCUT2D eigenvalue weighted by Crippen LogP contribution is -2.47. The van der Waals surface area contributed by atoms with Crippen molar-refractivity contribution in [1.82, 2.24) is 0 Å². The zero-order valence-electron chi connectivity index (χ0n) is 32.7. The minimum Gasteiger partial charge on any atom is -0.506 e. The number of carbonyl (C=O) groups is 5. The molecular formula is C42H45BrO12. The second-order valence-electron chi connectivity index (χ2n) is 13.6. The van der Waals surface area contributed by atoms with E-state index in [-0.39, 0.29) is 67.5 Å². The standard InChI is InChI=1S/C42H45BrO12/c1-12-14-52-30-17-27(44)16-19(4)42(30,51)41(50)55-37-25(10)22(7)33(35(45)34(37)43)40(49)53-29-15-18(3)31(26(11)28(29)13-2)39(48)54-36-23(8)20(5)32(38(46)47)21(6)24(36)9/h15-17,45,51H,12-14H2,1-11H3,(H,46,47)/t42-/m1/s1. The maximum absolute atomic E-state index is 13.8. The maximum atomic E-state index is 13.8. The number of benzene rings is 3. The van der Waals surface area contributed by atoms with Crippen molar-refractivity contribution in [3.05, 3.63) is 101 Å². The molecule has 0 heterocycles. The molecule has 3 aromatic carbocycles. The lowest BCUT2D eigenvalue weighted by atomic mass is 9.87. The van der Waals surface area contributed by atoms with Crippen LogP contribution >= 0.6 is 15.9 Å². The summed E-state index contributed by atoms with van der Waals surface area (Å²) in [5.41, 5.74) is 1.72. The Morgan fingerprint density at radius 1 is 0.727 bits per heavy atom. The molecule has 13 heteroatoms. The molecule has 0 radical (unpaired) electrons. The molecule has 292 valence electrons. The van der Waals surface area contributed by atoms with E-state index in [0.29, 0.717) is 51.8 Å². The number of ether oxygens (including phenoxy) is 4. The van der Waals surface area contributed by atoms with Crippen LogP contribution in [0.25, 0.3) is 0 Å². The van der Waals surface area contributed by atoms with E-state index in [1.807, 2.05) is 13.8 Å². The average Bonchev–Trinajstić information content (AvgIpc) is 3.10. The number of carboxylic acids is 1. The van der Waals surface area contributed by atoms with Crippen molar-refractivity contribution < 1.29 is 58.2 Å². The Kier molecular flexibility index (Phi) is 12.5. The monoisotopic (exact) mass is 820 g/mol. The molecule has 0 unspecified atom stereocenters. The summed E-state index contributed by atoms with van der Waals surface area (Å²) < 4.78 is 22.9. The van der Waals surface area contributed by atoms with E-state index >= 15 is 0 Å². The largest absolute Gasteiger partial charge is 0.506 e. The van der Waals surface area contributed by atoms with Crippen LogP contribution in [0.4, 0.5) is 0 Å². The van der Waals surface area contributed by atoms with Gasteiger partial charge in [0.2, 0.25) is 5.60 Å². The van der Waals surface area contributed by atoms with Gasteiger partial charge in [-0.15, -0.1) is 0 Å². The number of phenols is 1. The molecule has 4 rings (SSSR count). The highest BCUT2D eigenvalue weighted by molar-refractivity contribution is 9.10. The van der Waals surface area contributed by atoms with E-state index in [9.17, 15) is 39.3 Å². The third kappa shape index (κ3) is 7.55. The molecular weight excluding hydrogens is 776 g/mol. The minimum atomic E-state index is -2.43. The van der Waals surface area contributed by atoms with Gasteiger partial charge in [0.25, 0.3) is 0 Å². The summed E-state index contributed by atoms with van der Waals surface area (Å²) in [6.07, 6.45) is 3.00. The van der Waals surface area contributed by atoms with E-state index in [2.05, 4.69) is 15.9 Å². The Morgan fingerprint density at radius 2 is 1.27 bits per heavy atom. The summed E-state index contributed by atoms with van der Waals surface area (Å²) in [5.74, 6) is -4.97. The number of halogens is 1. The molecule has 0 saturated heterocycles. The first-order valence-corrected chi connectivity index (χ1v) is 18.4. The van der Waals surface area contributed by atoms with Crippen LogP contribution in [0.5, 0.6) is 23.0 Å². The van der Waals surface area contributed by atoms with E-state index in [1.165, 1.54) is 19.9 Å². The topological polar surface area (TPSA) is 183 Å². The van der Waals surface area contributed by atoms with Crippen molar-refractivity contribution in [3.63, 3.8) is 0 Å². The summed E-state index contributed by atoms with van der Waals surface area (Å²) in [6, 6.07) is 1.53. The molecule has 0 spiro atoms. The van der Waals surface area contributed by atoms with Gasteiger partial charge in [-0.1, -0.05) is 13.8 Å². The fourth-order valence-corrected chi connectivity index (χ4v) is 7.32. The van der Waals surface area contributed by atoms with Crippen molar-refractivity contribution in [3.8, 4) is 23.0 Å². The summed E-state index contributed by atoms with van der Waals surface area (Å²) in [4.78, 5) is 65.3. The number of aryl methyl sites for hydroxylation is 1. The molecule has 0 amide bonds. The Labute approximate surface area is 327 Å². The van der Waals surface area contributed by atoms with Crippen LogP contribution in [-0.4, -0.2) is 57.2 Å². The average molecular weight is 822 g/mol. The van der Waals surface area contributed by atoms with Crippen LogP contribution in [0.3, 0.4) is 0 Å². The molecule has 3 N–H and O–H groups in total. The number of aromatic carboxylic acids is 1. The van der Waals surface area contributed by atoms with Crippen molar-refractivity contribution in [2.45, 2.75) is 94.6 Å². The summed E-state index contributed by atoms with van der Waals surface area (Å²) >= 11 is 3.24. The second kappa shape index (κ2) is 16.2. The summed E-state index contributed by atoms with van der Waals surface area (Å²) in [7, 11) is 0. The van der Waals surface area contributed by atoms with Crippen LogP contribution < -0.4 is 14.2 Å². The SMILES string of the molecule is CCCOC1=CC(=O)C=C(C)[C@]1(O)C(=O)Oc1c(C)c(C)c(C(=O)Oc2cc(C)c(C(=O)Oc3c(C)c(C)c(C(=O)O)c(C)c3C)c(C)c2CC)c(O)c1Br. The van der Waals surface area contributed by atoms with Crippen molar-refractivity contribution in [2.24, 2.45) is 0 Å². The van der Waals surface area contributed by atoms with Gasteiger partial charge >= 0.3 is 23.9 Å². The van der Waals surface area contributed by atoms with Crippen LogP contribution in [-0.2, 0) is 20.7 Å². The molecule has 55 heavy (non-hydrogen) atoms. The van der Waals surface area contributed by atoms with Gasteiger partial charge in [-0.3, -0.25) is 4.79 Å². The number of aromatic hydroxyl groups is 1. The number of hydrogen-bond acceptors (Lipinski definition) is 11. The number of esters is 3. The number of phenolic OH excluding ortho intramolecular Hbond substituents is 1. The quantitative estimate of drug-likeness (QED) is 0.126. The van der Waals surface area contributed by atoms with Gasteiger partial charge in [0.05, 0.1) is 17.7 Å². The van der Waals surface area contributed by atoms with Gasteiger partial charge in [-0.05, 0) is 159 Å². The third-order valence-electron chi connectivity index (χ3n) is 10.2. The first kappa shape index (κ1) is 42.5. The molecule has 3 aromatic rings. The highest BCUT2D eigenvalue weighted by Crippen LogP contribution is 2.44. The Balaban J connectivity index is 1.69. The molecule has 0 bridgehead atoms. The molecule has 0 saturated carbocycles. The lowest BCUT2D eigenvalue weighted by Gasteiger charge is -2.31. The fourth-order valence-electron chi connectivity index (χ4n) is 6.74. The Hall–Kier alpha value is -5.27. The van der Waals surface area contributed by atoms with Crippen LogP contribution in [0.2, 0.25) is 0 Å². The number of rotatable bonds is 11. The van der Waals surface area contributed by atoms with Crippen LogP contribution in [0, 0.1) is 55.4 Å². The molecule has 0 aromatic heterocycles. The molecule has 0 fully saturated rings. The van der Waals surface area contributed by atoms with E-state index in [1.54, 1.807) is 48.5 Å². The van der Waals surface area contributed by atoms with Gasteiger partial charge in [0.1, 0.15) is 33.0 Å². The predicted molar refractivity (Wildman–Crippen MR) is 207 cm³/mol. The number of hydrogen-bond donors (Lipinski definition) is 3. The Morgan fingerprint density at radius 3 is 1.82 bits per heavy atom. The molecule has 1 atom stereocenters. The first-order valence-electron chi connectivity index (χ1n) is 17.6. The number of allylic oxidation sites excluding steroid dienone is 2. The van der Waals surface area contributed by atoms with Crippen molar-refractivity contribution in [2.75, 3.05) is 6.61 Å². The van der Waals surface area contributed by atoms with E-state index < -0.39 is 41.0 Å². The lowest BCUT2D eigenvalue weighted by molar-refractivity contribution is -0.151. The van der Waals surface area contributed by atoms with Gasteiger partial charge in [0.15, 0.2) is 11.5 Å². The normalized spacial score (nSPS) is 15.3. The van der Waals surface area contributed by atoms with Gasteiger partial charge in [-0.2, -0.15) is 0 Å². The van der Waals surface area contributed by atoms with E-state index in [4.69, 9.17) is 18.9 Å². The van der Waals surface area contributed by atoms with Gasteiger partial charge in [0, 0.05) is 6.08 Å². The summed E-state index contributed by atoms with van der Waals surface area (Å²) in [5, 5.41) is 32.6. The smallest absolute Gasteiger partial charge is 0.356 e. The summed E-state index contributed by atoms with van der Waals surface area (Å²) in [6.45, 7) is 18.3. The third-order valence-corrected chi connectivity index (χ3v) is 11.0. The number of carbonyl (C=O) groups excluding carboxylic acids is 4. The molecule has 12 nitrogen and oxygen atoms in total. The molecule has 1 aliphatic carbocycles. The first-order chi connectivity index (χ1) is 25.6. The van der Waals surface area contributed by atoms with E-state index in [0.717, 1.165) is 12.2 Å². The predicted octanol–water partition coefficient (Wildman–Crippen LogP) is 7.80. The van der Waals surface area contributed by atoms with Crippen LogP contribution in [0.1, 0.15) is 108 Å². The zero-order valence-corrected chi connectivity index (χ0v) is 34.3. The fraction of sp³-hybridized carbons (Fsp3) is 0.357. The highest BCUT2D eigenvalue weighted by Gasteiger charge is 2.48. The zero-order chi connectivity index (χ0) is 41.4. The molecule has 1 aliphatic rings. The minimum absolute atomic E-state index is 0.0209. The van der Waals surface area contributed by atoms with Gasteiger partial charge < -0.3 is 34.3 Å². The van der Waals surface area contributed by atoms with Crippen LogP contribution in [0.15, 0.2) is 34.0 Å². The van der Waals surface area contributed by atoms with Gasteiger partial charge in [-0.25, -0.2) is 19.2 Å². The Bertz CT molecular complexity index is 2190. The maximum Gasteiger partial charge on any atom is 0.356 e. The number of carboxylic acid groups (broad SMARTS) is 1.